The first-order valence-corrected chi connectivity index (χ1v) is 8.79. The maximum absolute atomic E-state index is 11.4. The van der Waals surface area contributed by atoms with Gasteiger partial charge in [-0.25, -0.2) is 9.78 Å². The quantitative estimate of drug-likeness (QED) is 0.226. The molecule has 0 amide bonds. The molecule has 1 N–H and O–H groups in total. The molecule has 1 aromatic heterocycles. The Bertz CT molecular complexity index is 930. The van der Waals surface area contributed by atoms with E-state index in [-0.39, 0.29) is 5.97 Å². The van der Waals surface area contributed by atoms with E-state index in [2.05, 4.69) is 30.5 Å². The largest absolute Gasteiger partial charge is 0.465 e. The number of benzene rings is 2. The van der Waals surface area contributed by atoms with Gasteiger partial charge in [-0.2, -0.15) is 5.10 Å². The van der Waals surface area contributed by atoms with Crippen LogP contribution in [0.3, 0.4) is 0 Å². The number of carbonyl (C=O) groups excluding carboxylic acids is 1. The molecular formula is C18H17N5O2S. The van der Waals surface area contributed by atoms with Gasteiger partial charge in [-0.05, 0) is 36.4 Å². The number of carbonyl (C=O) groups is 1. The van der Waals surface area contributed by atoms with Crippen LogP contribution in [0.2, 0.25) is 0 Å². The fourth-order valence-corrected chi connectivity index (χ4v) is 2.89. The van der Waals surface area contributed by atoms with Crippen molar-refractivity contribution in [1.29, 1.82) is 0 Å². The van der Waals surface area contributed by atoms with Crippen molar-refractivity contribution in [1.82, 2.24) is 4.98 Å². The third-order valence-electron chi connectivity index (χ3n) is 3.47. The highest BCUT2D eigenvalue weighted by Crippen LogP contribution is 2.27. The number of para-hydroxylation sites is 1. The molecule has 0 aliphatic rings. The number of hydrogen-bond donors (Lipinski definition) is 1. The van der Waals surface area contributed by atoms with Crippen LogP contribution in [0.1, 0.15) is 23.7 Å². The highest BCUT2D eigenvalue weighted by Gasteiger charge is 2.04. The van der Waals surface area contributed by atoms with Crippen LogP contribution in [0.4, 0.5) is 10.8 Å². The highest BCUT2D eigenvalue weighted by molar-refractivity contribution is 7.21. The van der Waals surface area contributed by atoms with Gasteiger partial charge in [0.2, 0.25) is 5.13 Å². The number of aromatic nitrogens is 1. The summed E-state index contributed by atoms with van der Waals surface area (Å²) in [5.41, 5.74) is 5.03. The number of anilines is 1. The molecule has 0 fully saturated rings. The first kappa shape index (κ1) is 17.7. The molecule has 3 rings (SSSR count). The van der Waals surface area contributed by atoms with Gasteiger partial charge in [0.05, 0.1) is 28.6 Å². The predicted octanol–water partition coefficient (Wildman–Crippen LogP) is 5.00. The van der Waals surface area contributed by atoms with E-state index >= 15 is 0 Å². The Kier molecular flexibility index (Phi) is 5.65. The minimum Gasteiger partial charge on any atom is -0.465 e. The predicted molar refractivity (Wildman–Crippen MR) is 103 cm³/mol. The maximum Gasteiger partial charge on any atom is 0.337 e. The average Bonchev–Trinajstić information content (AvgIpc) is 3.11. The third kappa shape index (κ3) is 4.28. The summed E-state index contributed by atoms with van der Waals surface area (Å²) < 4.78 is 5.74. The first-order valence-electron chi connectivity index (χ1n) is 7.98. The highest BCUT2D eigenvalue weighted by atomic mass is 32.1. The minimum atomic E-state index is -0.376. The van der Waals surface area contributed by atoms with Crippen molar-refractivity contribution in [2.24, 2.45) is 15.3 Å². The lowest BCUT2D eigenvalue weighted by Crippen LogP contribution is -2.01. The van der Waals surface area contributed by atoms with Crippen molar-refractivity contribution >= 4 is 44.2 Å². The number of esters is 1. The number of azo groups is 1. The van der Waals surface area contributed by atoms with Crippen LogP contribution in [0.5, 0.6) is 0 Å². The third-order valence-corrected chi connectivity index (χ3v) is 4.39. The van der Waals surface area contributed by atoms with E-state index < -0.39 is 0 Å². The maximum atomic E-state index is 11.4. The number of nitrogens with one attached hydrogen (secondary N) is 1. The summed E-state index contributed by atoms with van der Waals surface area (Å²) in [6, 6.07) is 14.7. The van der Waals surface area contributed by atoms with Crippen molar-refractivity contribution in [3.05, 3.63) is 54.1 Å². The van der Waals surface area contributed by atoms with Gasteiger partial charge in [0.15, 0.2) is 5.84 Å². The topological polar surface area (TPSA) is 88.3 Å². The lowest BCUT2D eigenvalue weighted by molar-refractivity contribution is 0.0601. The van der Waals surface area contributed by atoms with E-state index in [1.54, 1.807) is 24.3 Å². The van der Waals surface area contributed by atoms with E-state index in [0.29, 0.717) is 23.0 Å². The van der Waals surface area contributed by atoms with E-state index in [1.165, 1.54) is 18.4 Å². The van der Waals surface area contributed by atoms with Gasteiger partial charge in [0.25, 0.3) is 0 Å². The molecule has 0 spiro atoms. The Hall–Kier alpha value is -3.13. The molecule has 0 saturated carbocycles. The molecule has 0 aliphatic heterocycles. The van der Waals surface area contributed by atoms with Gasteiger partial charge >= 0.3 is 5.97 Å². The van der Waals surface area contributed by atoms with Crippen molar-refractivity contribution < 1.29 is 9.53 Å². The molecule has 0 aliphatic carbocycles. The second-order valence-corrected chi connectivity index (χ2v) is 6.24. The number of rotatable bonds is 5. The standard InChI is InChI=1S/C18H17N5O2S/c1-3-16(21-20-13-10-8-12(9-11-13)17(24)25-2)22-23-18-19-14-6-4-5-7-15(14)26-18/h4-11,20H,3H2,1-2H3/b21-16-,23-22?. The van der Waals surface area contributed by atoms with Crippen LogP contribution in [0.15, 0.2) is 63.9 Å². The zero-order valence-corrected chi connectivity index (χ0v) is 15.2. The van der Waals surface area contributed by atoms with Crippen molar-refractivity contribution in [3.8, 4) is 0 Å². The van der Waals surface area contributed by atoms with Crippen LogP contribution in [-0.4, -0.2) is 23.9 Å². The molecule has 1 heterocycles. The van der Waals surface area contributed by atoms with Gasteiger partial charge in [0.1, 0.15) is 0 Å². The van der Waals surface area contributed by atoms with E-state index in [1.807, 2.05) is 31.2 Å². The molecule has 0 saturated heterocycles. The Morgan fingerprint density at radius 2 is 1.96 bits per heavy atom. The van der Waals surface area contributed by atoms with Gasteiger partial charge in [-0.3, -0.25) is 5.43 Å². The van der Waals surface area contributed by atoms with Crippen LogP contribution in [0, 0.1) is 0 Å². The van der Waals surface area contributed by atoms with Gasteiger partial charge < -0.3 is 4.74 Å². The van der Waals surface area contributed by atoms with Crippen molar-refractivity contribution in [2.75, 3.05) is 12.5 Å². The van der Waals surface area contributed by atoms with Crippen LogP contribution in [0.25, 0.3) is 10.2 Å². The fourth-order valence-electron chi connectivity index (χ4n) is 2.10. The van der Waals surface area contributed by atoms with Crippen LogP contribution < -0.4 is 5.43 Å². The minimum absolute atomic E-state index is 0.376. The number of hydrazone groups is 1. The smallest absolute Gasteiger partial charge is 0.337 e. The second kappa shape index (κ2) is 8.30. The monoisotopic (exact) mass is 367 g/mol. The molecule has 7 nitrogen and oxygen atoms in total. The SMILES string of the molecule is CC/C(N=Nc1nc2ccccc2s1)=N/Nc1ccc(C(=O)OC)cc1. The van der Waals surface area contributed by atoms with E-state index in [9.17, 15) is 4.79 Å². The molecule has 0 bridgehead atoms. The number of hydrogen-bond acceptors (Lipinski definition) is 7. The Morgan fingerprint density at radius 1 is 1.19 bits per heavy atom. The summed E-state index contributed by atoms with van der Waals surface area (Å²) in [6.07, 6.45) is 0.613. The first-order chi connectivity index (χ1) is 12.7. The normalized spacial score (nSPS) is 11.8. The van der Waals surface area contributed by atoms with E-state index in [0.717, 1.165) is 15.9 Å². The van der Waals surface area contributed by atoms with Gasteiger partial charge in [-0.1, -0.05) is 30.4 Å². The lowest BCUT2D eigenvalue weighted by Gasteiger charge is -2.03. The molecule has 0 atom stereocenters. The molecule has 0 radical (unpaired) electrons. The summed E-state index contributed by atoms with van der Waals surface area (Å²) in [6.45, 7) is 1.94. The van der Waals surface area contributed by atoms with Crippen molar-refractivity contribution in [2.45, 2.75) is 13.3 Å². The number of amidine groups is 1. The Balaban J connectivity index is 1.68. The summed E-state index contributed by atoms with van der Waals surface area (Å²) in [4.78, 5) is 15.8. The number of thiazole rings is 1. The van der Waals surface area contributed by atoms with E-state index in [4.69, 9.17) is 0 Å². The number of fused-ring (bicyclic) bond motifs is 1. The van der Waals surface area contributed by atoms with Crippen molar-refractivity contribution in [3.63, 3.8) is 0 Å². The number of nitrogens with zero attached hydrogens (tertiary/aromatic N) is 4. The zero-order valence-electron chi connectivity index (χ0n) is 14.3. The molecule has 26 heavy (non-hydrogen) atoms. The molecule has 3 aromatic rings. The average molecular weight is 367 g/mol. The second-order valence-electron chi connectivity index (χ2n) is 5.23. The van der Waals surface area contributed by atoms with Gasteiger partial charge in [-0.15, -0.1) is 10.2 Å². The lowest BCUT2D eigenvalue weighted by atomic mass is 10.2. The summed E-state index contributed by atoms with van der Waals surface area (Å²) in [5, 5.41) is 13.2. The summed E-state index contributed by atoms with van der Waals surface area (Å²) >= 11 is 1.48. The summed E-state index contributed by atoms with van der Waals surface area (Å²) in [7, 11) is 1.35. The molecule has 0 unspecified atom stereocenters. The number of methoxy groups -OCH3 is 1. The Labute approximate surface area is 154 Å². The molecule has 132 valence electrons. The molecular weight excluding hydrogens is 350 g/mol. The van der Waals surface area contributed by atoms with Crippen LogP contribution >= 0.6 is 11.3 Å². The zero-order chi connectivity index (χ0) is 18.4. The molecule has 2 aromatic carbocycles. The Morgan fingerprint density at radius 3 is 2.65 bits per heavy atom. The number of ether oxygens (including phenoxy) is 1. The fraction of sp³-hybridized carbons (Fsp3) is 0.167. The van der Waals surface area contributed by atoms with Gasteiger partial charge in [0, 0.05) is 6.42 Å². The summed E-state index contributed by atoms with van der Waals surface area (Å²) in [5.74, 6) is 0.167. The van der Waals surface area contributed by atoms with Crippen LogP contribution in [-0.2, 0) is 4.74 Å². The molecule has 8 heteroatoms.